The number of aromatic nitrogens is 3. The number of amides is 1. The van der Waals surface area contributed by atoms with E-state index in [4.69, 9.17) is 4.74 Å². The maximum Gasteiger partial charge on any atom is 0.238 e. The monoisotopic (exact) mass is 379 g/mol. The van der Waals surface area contributed by atoms with Crippen LogP contribution < -0.4 is 10.1 Å². The summed E-state index contributed by atoms with van der Waals surface area (Å²) < 4.78 is 7.60. The molecule has 1 aromatic carbocycles. The molecule has 1 aliphatic heterocycles. The zero-order valence-electron chi connectivity index (χ0n) is 16.0. The third-order valence-electron chi connectivity index (χ3n) is 5.10. The van der Waals surface area contributed by atoms with Crippen LogP contribution in [0.1, 0.15) is 25.8 Å². The number of carbonyl (C=O) groups is 1. The van der Waals surface area contributed by atoms with Gasteiger partial charge in [-0.1, -0.05) is 0 Å². The Morgan fingerprint density at radius 2 is 1.96 bits per heavy atom. The molecule has 0 spiro atoms. The van der Waals surface area contributed by atoms with Gasteiger partial charge in [0.05, 0.1) is 19.5 Å². The number of hydrogen-bond donors (Lipinski definition) is 1. The molecule has 0 aliphatic carbocycles. The Morgan fingerprint density at radius 3 is 2.71 bits per heavy atom. The van der Waals surface area contributed by atoms with Crippen LogP contribution >= 0.6 is 0 Å². The normalized spacial score (nSPS) is 15.6. The summed E-state index contributed by atoms with van der Waals surface area (Å²) in [4.78, 5) is 23.5. The molecule has 0 unspecified atom stereocenters. The standard InChI is InChI=1S/C21H25N5O2/c1-2-28-18-7-5-16(6-8-18)24-20(27)14-25-12-9-17(10-13-25)26-15-23-19-4-3-11-22-21(19)26/h3-8,11,15,17H,2,9-10,12-14H2,1H3,(H,24,27). The average molecular weight is 379 g/mol. The topological polar surface area (TPSA) is 72.3 Å². The van der Waals surface area contributed by atoms with E-state index in [1.54, 1.807) is 6.20 Å². The second-order valence-electron chi connectivity index (χ2n) is 7.01. The maximum absolute atomic E-state index is 12.4. The summed E-state index contributed by atoms with van der Waals surface area (Å²) in [7, 11) is 0. The largest absolute Gasteiger partial charge is 0.494 e. The van der Waals surface area contributed by atoms with Gasteiger partial charge in [-0.2, -0.15) is 0 Å². The summed E-state index contributed by atoms with van der Waals surface area (Å²) in [6, 6.07) is 11.7. The summed E-state index contributed by atoms with van der Waals surface area (Å²) in [5, 5.41) is 2.96. The van der Waals surface area contributed by atoms with E-state index in [2.05, 4.69) is 24.8 Å². The van der Waals surface area contributed by atoms with Crippen LogP contribution in [-0.4, -0.2) is 51.6 Å². The minimum absolute atomic E-state index is 0.0114. The second-order valence-corrected chi connectivity index (χ2v) is 7.01. The Bertz CT molecular complexity index is 929. The van der Waals surface area contributed by atoms with E-state index in [-0.39, 0.29) is 5.91 Å². The molecule has 7 nitrogen and oxygen atoms in total. The lowest BCUT2D eigenvalue weighted by atomic mass is 10.0. The first-order valence-corrected chi connectivity index (χ1v) is 9.75. The number of imidazole rings is 1. The van der Waals surface area contributed by atoms with Crippen molar-refractivity contribution >= 4 is 22.8 Å². The van der Waals surface area contributed by atoms with Crippen molar-refractivity contribution in [1.29, 1.82) is 0 Å². The fourth-order valence-corrected chi connectivity index (χ4v) is 3.69. The molecule has 1 N–H and O–H groups in total. The average Bonchev–Trinajstić information content (AvgIpc) is 3.14. The molecule has 1 saturated heterocycles. The van der Waals surface area contributed by atoms with Crippen LogP contribution in [0.3, 0.4) is 0 Å². The van der Waals surface area contributed by atoms with Gasteiger partial charge in [0.2, 0.25) is 5.91 Å². The van der Waals surface area contributed by atoms with Crippen LogP contribution in [0, 0.1) is 0 Å². The highest BCUT2D eigenvalue weighted by atomic mass is 16.5. The maximum atomic E-state index is 12.4. The molecule has 3 aromatic rings. The number of carbonyl (C=O) groups excluding carboxylic acids is 1. The molecule has 0 saturated carbocycles. The first-order chi connectivity index (χ1) is 13.7. The molecule has 1 amide bonds. The molecule has 3 heterocycles. The number of likely N-dealkylation sites (tertiary alicyclic amines) is 1. The van der Waals surface area contributed by atoms with Crippen molar-refractivity contribution in [1.82, 2.24) is 19.4 Å². The number of hydrogen-bond acceptors (Lipinski definition) is 5. The van der Waals surface area contributed by atoms with Crippen LogP contribution in [0.15, 0.2) is 48.9 Å². The highest BCUT2D eigenvalue weighted by Crippen LogP contribution is 2.25. The van der Waals surface area contributed by atoms with Crippen molar-refractivity contribution in [3.63, 3.8) is 0 Å². The first-order valence-electron chi connectivity index (χ1n) is 9.75. The highest BCUT2D eigenvalue weighted by molar-refractivity contribution is 5.92. The fraction of sp³-hybridized carbons (Fsp3) is 0.381. The first kappa shape index (κ1) is 18.4. The van der Waals surface area contributed by atoms with Gasteiger partial charge in [0, 0.05) is 31.0 Å². The van der Waals surface area contributed by atoms with Gasteiger partial charge in [0.25, 0.3) is 0 Å². The molecule has 7 heteroatoms. The molecule has 0 bridgehead atoms. The molecule has 146 valence electrons. The van der Waals surface area contributed by atoms with Crippen molar-refractivity contribution in [2.75, 3.05) is 31.6 Å². The highest BCUT2D eigenvalue weighted by Gasteiger charge is 2.23. The van der Waals surface area contributed by atoms with E-state index in [1.165, 1.54) is 0 Å². The Balaban J connectivity index is 1.28. The van der Waals surface area contributed by atoms with Crippen LogP contribution in [0.25, 0.3) is 11.2 Å². The van der Waals surface area contributed by atoms with E-state index < -0.39 is 0 Å². The Morgan fingerprint density at radius 1 is 1.18 bits per heavy atom. The Labute approximate surface area is 164 Å². The van der Waals surface area contributed by atoms with Gasteiger partial charge in [0.15, 0.2) is 5.65 Å². The van der Waals surface area contributed by atoms with Gasteiger partial charge in [-0.3, -0.25) is 9.69 Å². The number of nitrogens with one attached hydrogen (secondary N) is 1. The lowest BCUT2D eigenvalue weighted by molar-refractivity contribution is -0.117. The third kappa shape index (κ3) is 4.14. The fourth-order valence-electron chi connectivity index (χ4n) is 3.69. The zero-order valence-corrected chi connectivity index (χ0v) is 16.0. The van der Waals surface area contributed by atoms with E-state index >= 15 is 0 Å². The van der Waals surface area contributed by atoms with Gasteiger partial charge in [0.1, 0.15) is 11.3 Å². The number of nitrogens with zero attached hydrogens (tertiary/aromatic N) is 4. The van der Waals surface area contributed by atoms with Crippen molar-refractivity contribution in [3.8, 4) is 5.75 Å². The van der Waals surface area contributed by atoms with Crippen LogP contribution in [0.2, 0.25) is 0 Å². The number of pyridine rings is 1. The SMILES string of the molecule is CCOc1ccc(NC(=O)CN2CCC(n3cnc4cccnc43)CC2)cc1. The van der Waals surface area contributed by atoms with Crippen LogP contribution in [-0.2, 0) is 4.79 Å². The minimum atomic E-state index is 0.0114. The van der Waals surface area contributed by atoms with Gasteiger partial charge < -0.3 is 14.6 Å². The molecule has 0 atom stereocenters. The minimum Gasteiger partial charge on any atom is -0.494 e. The molecule has 2 aromatic heterocycles. The number of anilines is 1. The molecule has 1 fully saturated rings. The summed E-state index contributed by atoms with van der Waals surface area (Å²) in [5.74, 6) is 0.821. The molecule has 4 rings (SSSR count). The van der Waals surface area contributed by atoms with E-state index in [0.717, 1.165) is 48.5 Å². The number of rotatable bonds is 6. The lowest BCUT2D eigenvalue weighted by Gasteiger charge is -2.32. The number of ether oxygens (including phenoxy) is 1. The second kappa shape index (κ2) is 8.39. The van der Waals surface area contributed by atoms with Crippen molar-refractivity contribution in [2.24, 2.45) is 0 Å². The Hall–Kier alpha value is -2.93. The molecule has 1 aliphatic rings. The Kier molecular flexibility index (Phi) is 5.53. The summed E-state index contributed by atoms with van der Waals surface area (Å²) in [5.41, 5.74) is 2.66. The predicted octanol–water partition coefficient (Wildman–Crippen LogP) is 3.11. The molecule has 0 radical (unpaired) electrons. The van der Waals surface area contributed by atoms with Crippen LogP contribution in [0.5, 0.6) is 5.75 Å². The number of fused-ring (bicyclic) bond motifs is 1. The van der Waals surface area contributed by atoms with Gasteiger partial charge in [-0.05, 0) is 56.2 Å². The van der Waals surface area contributed by atoms with Gasteiger partial charge in [-0.15, -0.1) is 0 Å². The molecular formula is C21H25N5O2. The summed E-state index contributed by atoms with van der Waals surface area (Å²) >= 11 is 0. The zero-order chi connectivity index (χ0) is 19.3. The summed E-state index contributed by atoms with van der Waals surface area (Å²) in [6.45, 7) is 4.75. The smallest absolute Gasteiger partial charge is 0.238 e. The number of benzene rings is 1. The van der Waals surface area contributed by atoms with Gasteiger partial charge in [-0.25, -0.2) is 9.97 Å². The van der Waals surface area contributed by atoms with Gasteiger partial charge >= 0.3 is 0 Å². The number of piperidine rings is 1. The van der Waals surface area contributed by atoms with Crippen LogP contribution in [0.4, 0.5) is 5.69 Å². The van der Waals surface area contributed by atoms with Crippen molar-refractivity contribution < 1.29 is 9.53 Å². The van der Waals surface area contributed by atoms with Crippen molar-refractivity contribution in [3.05, 3.63) is 48.9 Å². The van der Waals surface area contributed by atoms with E-state index in [0.29, 0.717) is 19.2 Å². The quantitative estimate of drug-likeness (QED) is 0.712. The lowest BCUT2D eigenvalue weighted by Crippen LogP contribution is -2.39. The molecule has 28 heavy (non-hydrogen) atoms. The van der Waals surface area contributed by atoms with E-state index in [9.17, 15) is 4.79 Å². The third-order valence-corrected chi connectivity index (χ3v) is 5.10. The van der Waals surface area contributed by atoms with E-state index in [1.807, 2.05) is 49.6 Å². The van der Waals surface area contributed by atoms with Crippen molar-refractivity contribution in [2.45, 2.75) is 25.8 Å². The molecular weight excluding hydrogens is 354 g/mol. The summed E-state index contributed by atoms with van der Waals surface area (Å²) in [6.07, 6.45) is 5.66. The predicted molar refractivity (Wildman–Crippen MR) is 108 cm³/mol.